The van der Waals surface area contributed by atoms with Crippen molar-refractivity contribution in [2.75, 3.05) is 37.3 Å². The summed E-state index contributed by atoms with van der Waals surface area (Å²) in [5.74, 6) is 0.133. The van der Waals surface area contributed by atoms with Crippen molar-refractivity contribution in [1.82, 2.24) is 19.0 Å². The fourth-order valence-corrected chi connectivity index (χ4v) is 7.90. The number of aryl methyl sites for hydroxylation is 1. The van der Waals surface area contributed by atoms with Gasteiger partial charge in [0.05, 0.1) is 35.3 Å². The zero-order chi connectivity index (χ0) is 29.6. The van der Waals surface area contributed by atoms with Gasteiger partial charge in [0.1, 0.15) is 0 Å². The highest BCUT2D eigenvalue weighted by Crippen LogP contribution is 2.38. The largest absolute Gasteiger partial charge is 0.390 e. The minimum absolute atomic E-state index is 0.0919. The number of β-amino-alcohol motifs (C(OH)–C–C–N with tert-alkyl or cyclic N) is 1. The fourth-order valence-electron chi connectivity index (χ4n) is 6.56. The number of benzene rings is 2. The van der Waals surface area contributed by atoms with Crippen molar-refractivity contribution in [2.24, 2.45) is 0 Å². The molecule has 3 aliphatic heterocycles. The van der Waals surface area contributed by atoms with Gasteiger partial charge in [0.25, 0.3) is 0 Å². The normalized spacial score (nSPS) is 19.5. The van der Waals surface area contributed by atoms with E-state index in [0.717, 1.165) is 70.6 Å². The first-order chi connectivity index (χ1) is 20.1. The number of carbonyl (C=O) groups excluding carboxylic acids is 1. The maximum absolute atomic E-state index is 12.9. The van der Waals surface area contributed by atoms with Gasteiger partial charge in [-0.3, -0.25) is 9.48 Å². The van der Waals surface area contributed by atoms with Crippen LogP contribution in [0.1, 0.15) is 36.1 Å². The number of nitrogens with zero attached hydrogens (tertiary/aromatic N) is 5. The zero-order valence-corrected chi connectivity index (χ0v) is 26.7. The van der Waals surface area contributed by atoms with Crippen LogP contribution in [0.25, 0.3) is 11.3 Å². The summed E-state index contributed by atoms with van der Waals surface area (Å²) in [7, 11) is -3.34. The number of aliphatic hydroxyl groups is 1. The summed E-state index contributed by atoms with van der Waals surface area (Å²) >= 11 is 10.0. The van der Waals surface area contributed by atoms with E-state index in [9.17, 15) is 18.3 Å². The van der Waals surface area contributed by atoms with Crippen molar-refractivity contribution in [2.45, 2.75) is 57.3 Å². The molecule has 12 heteroatoms. The molecule has 1 unspecified atom stereocenters. The van der Waals surface area contributed by atoms with Crippen LogP contribution in [0.2, 0.25) is 5.02 Å². The molecule has 1 N–H and O–H groups in total. The highest BCUT2D eigenvalue weighted by molar-refractivity contribution is 9.10. The Labute approximate surface area is 260 Å². The molecule has 1 atom stereocenters. The van der Waals surface area contributed by atoms with Crippen molar-refractivity contribution in [3.8, 4) is 11.3 Å². The molecule has 1 fully saturated rings. The molecule has 6 rings (SSSR count). The number of para-hydroxylation sites is 1. The molecule has 2 aromatic carbocycles. The Hall–Kier alpha value is -2.28. The molecule has 0 aliphatic carbocycles. The number of rotatable bonds is 7. The molecule has 0 saturated carbocycles. The van der Waals surface area contributed by atoms with E-state index >= 15 is 0 Å². The number of carbonyl (C=O) groups is 1. The highest BCUT2D eigenvalue weighted by atomic mass is 79.9. The summed E-state index contributed by atoms with van der Waals surface area (Å²) in [6.45, 7) is 3.03. The second-order valence-corrected chi connectivity index (χ2v) is 14.8. The molecular weight excluding hydrogens is 642 g/mol. The number of hydrogen-bond donors (Lipinski definition) is 1. The van der Waals surface area contributed by atoms with Crippen molar-refractivity contribution >= 4 is 49.1 Å². The number of halogens is 2. The Morgan fingerprint density at radius 3 is 2.50 bits per heavy atom. The molecule has 4 heterocycles. The van der Waals surface area contributed by atoms with Crippen molar-refractivity contribution in [1.29, 1.82) is 0 Å². The van der Waals surface area contributed by atoms with Gasteiger partial charge in [-0.2, -0.15) is 9.40 Å². The Balaban J connectivity index is 1.14. The lowest BCUT2D eigenvalue weighted by Gasteiger charge is -2.41. The Morgan fingerprint density at radius 2 is 1.79 bits per heavy atom. The topological polar surface area (TPSA) is 99.0 Å². The lowest BCUT2D eigenvalue weighted by atomic mass is 9.95. The molecule has 42 heavy (non-hydrogen) atoms. The van der Waals surface area contributed by atoms with E-state index < -0.39 is 16.1 Å². The molecule has 0 spiro atoms. The van der Waals surface area contributed by atoms with Crippen molar-refractivity contribution < 1.29 is 18.3 Å². The van der Waals surface area contributed by atoms with Gasteiger partial charge in [0, 0.05) is 72.9 Å². The number of aromatic nitrogens is 2. The third-order valence-electron chi connectivity index (χ3n) is 8.65. The maximum Gasteiger partial charge on any atom is 0.227 e. The van der Waals surface area contributed by atoms with E-state index in [2.05, 4.69) is 26.9 Å². The van der Waals surface area contributed by atoms with Crippen LogP contribution in [0.4, 0.5) is 5.69 Å². The number of amides is 1. The molecule has 224 valence electrons. The minimum atomic E-state index is -3.34. The third kappa shape index (κ3) is 6.05. The summed E-state index contributed by atoms with van der Waals surface area (Å²) in [5.41, 5.74) is 5.54. The van der Waals surface area contributed by atoms with Gasteiger partial charge in [-0.1, -0.05) is 51.8 Å². The standard InChI is InChI=1S/C30H35BrClN5O4S/c1-42(40,41)35-16-13-27-25(19-35)29(20-5-8-22(31)9-6-20)33-36(27)18-24(38)17-34-14-11-23(12-15-34)37-28(39)10-7-21-3-2-4-26(32)30(21)37/h2-6,8-9,23-24,38H,7,10-19H2,1H3. The van der Waals surface area contributed by atoms with Crippen LogP contribution in [-0.4, -0.2) is 83.0 Å². The first-order valence-electron chi connectivity index (χ1n) is 14.4. The summed E-state index contributed by atoms with van der Waals surface area (Å²) < 4.78 is 29.0. The molecule has 0 bridgehead atoms. The molecule has 1 aromatic heterocycles. The molecule has 3 aliphatic rings. The number of likely N-dealkylation sites (tertiary alicyclic amines) is 1. The van der Waals surface area contributed by atoms with Gasteiger partial charge in [-0.05, 0) is 43.0 Å². The van der Waals surface area contributed by atoms with Gasteiger partial charge in [-0.25, -0.2) is 8.42 Å². The first kappa shape index (κ1) is 29.8. The van der Waals surface area contributed by atoms with Crippen LogP contribution < -0.4 is 4.90 Å². The summed E-state index contributed by atoms with van der Waals surface area (Å²) in [5, 5.41) is 16.7. The van der Waals surface area contributed by atoms with E-state index in [1.54, 1.807) is 0 Å². The monoisotopic (exact) mass is 675 g/mol. The van der Waals surface area contributed by atoms with Gasteiger partial charge in [0.2, 0.25) is 15.9 Å². The number of sulfonamides is 1. The minimum Gasteiger partial charge on any atom is -0.390 e. The number of fused-ring (bicyclic) bond motifs is 2. The van der Waals surface area contributed by atoms with Crippen LogP contribution in [0.3, 0.4) is 0 Å². The molecule has 1 saturated heterocycles. The van der Waals surface area contributed by atoms with Gasteiger partial charge in [-0.15, -0.1) is 0 Å². The number of piperidine rings is 1. The predicted molar refractivity (Wildman–Crippen MR) is 167 cm³/mol. The average molecular weight is 677 g/mol. The number of hydrogen-bond acceptors (Lipinski definition) is 6. The lowest BCUT2D eigenvalue weighted by molar-refractivity contribution is -0.119. The second-order valence-electron chi connectivity index (χ2n) is 11.5. The molecular formula is C30H35BrClN5O4S. The summed E-state index contributed by atoms with van der Waals surface area (Å²) in [4.78, 5) is 17.1. The molecule has 9 nitrogen and oxygen atoms in total. The van der Waals surface area contributed by atoms with Crippen LogP contribution in [0.15, 0.2) is 46.9 Å². The first-order valence-corrected chi connectivity index (χ1v) is 17.4. The van der Waals surface area contributed by atoms with E-state index in [1.165, 1.54) is 10.6 Å². The van der Waals surface area contributed by atoms with Crippen LogP contribution in [-0.2, 0) is 40.7 Å². The Kier molecular flexibility index (Phi) is 8.52. The van der Waals surface area contributed by atoms with Gasteiger partial charge in [0.15, 0.2) is 0 Å². The van der Waals surface area contributed by atoms with Gasteiger partial charge >= 0.3 is 0 Å². The van der Waals surface area contributed by atoms with Gasteiger partial charge < -0.3 is 14.9 Å². The highest BCUT2D eigenvalue weighted by Gasteiger charge is 2.35. The predicted octanol–water partition coefficient (Wildman–Crippen LogP) is 4.09. The third-order valence-corrected chi connectivity index (χ3v) is 10.7. The SMILES string of the molecule is CS(=O)(=O)N1CCc2c(c(-c3ccc(Br)cc3)nn2CC(O)CN2CCC(N3C(=O)CCc4cccc(Cl)c43)CC2)C1. The Morgan fingerprint density at radius 1 is 1.05 bits per heavy atom. The van der Waals surface area contributed by atoms with Crippen LogP contribution in [0.5, 0.6) is 0 Å². The number of aliphatic hydroxyl groups excluding tert-OH is 1. The average Bonchev–Trinajstić information content (AvgIpc) is 3.31. The molecule has 0 radical (unpaired) electrons. The molecule has 3 aromatic rings. The fraction of sp³-hybridized carbons (Fsp3) is 0.467. The second kappa shape index (κ2) is 12.0. The van der Waals surface area contributed by atoms with Crippen molar-refractivity contribution in [3.05, 3.63) is 68.8 Å². The van der Waals surface area contributed by atoms with Crippen molar-refractivity contribution in [3.63, 3.8) is 0 Å². The quantitative estimate of drug-likeness (QED) is 0.405. The molecule has 1 amide bonds. The van der Waals surface area contributed by atoms with Crippen LogP contribution in [0, 0.1) is 0 Å². The van der Waals surface area contributed by atoms with Crippen LogP contribution >= 0.6 is 27.5 Å². The lowest BCUT2D eigenvalue weighted by Crippen LogP contribution is -2.50. The zero-order valence-electron chi connectivity index (χ0n) is 23.5. The Bertz CT molecular complexity index is 1590. The van der Waals surface area contributed by atoms with E-state index in [4.69, 9.17) is 16.7 Å². The van der Waals surface area contributed by atoms with E-state index in [1.807, 2.05) is 46.0 Å². The maximum atomic E-state index is 12.9. The van der Waals surface area contributed by atoms with E-state index in [0.29, 0.717) is 37.5 Å². The number of anilines is 1. The summed E-state index contributed by atoms with van der Waals surface area (Å²) in [6.07, 6.45) is 3.99. The summed E-state index contributed by atoms with van der Waals surface area (Å²) in [6, 6.07) is 13.8. The smallest absolute Gasteiger partial charge is 0.227 e. The van der Waals surface area contributed by atoms with E-state index in [-0.39, 0.29) is 18.5 Å².